The molecule has 0 bridgehead atoms. The van der Waals surface area contributed by atoms with Crippen molar-refractivity contribution in [3.8, 4) is 17.3 Å². The number of benzene rings is 2. The Labute approximate surface area is 274 Å². The molecule has 250 valence electrons. The van der Waals surface area contributed by atoms with Crippen LogP contribution in [-0.2, 0) is 29.0 Å². The van der Waals surface area contributed by atoms with Crippen molar-refractivity contribution >= 4 is 17.6 Å². The molecule has 0 unspecified atom stereocenters. The van der Waals surface area contributed by atoms with Gasteiger partial charge in [-0.15, -0.1) is 0 Å². The number of amides is 1. The van der Waals surface area contributed by atoms with Crippen LogP contribution in [0.5, 0.6) is 11.6 Å². The van der Waals surface area contributed by atoms with Gasteiger partial charge in [-0.25, -0.2) is 28.1 Å². The van der Waals surface area contributed by atoms with Gasteiger partial charge in [0.15, 0.2) is 0 Å². The lowest BCUT2D eigenvalue weighted by Crippen LogP contribution is -2.42. The van der Waals surface area contributed by atoms with Gasteiger partial charge in [0, 0.05) is 37.5 Å². The van der Waals surface area contributed by atoms with E-state index in [0.717, 1.165) is 41.2 Å². The van der Waals surface area contributed by atoms with Gasteiger partial charge in [-0.05, 0) is 82.3 Å². The number of fused-ring (bicyclic) bond motifs is 1. The molecule has 14 heteroatoms. The Balaban J connectivity index is 1.19. The van der Waals surface area contributed by atoms with Crippen LogP contribution in [0.4, 0.5) is 14.5 Å². The highest BCUT2D eigenvalue weighted by atomic mass is 19.1. The van der Waals surface area contributed by atoms with E-state index in [1.807, 2.05) is 25.7 Å². The summed E-state index contributed by atoms with van der Waals surface area (Å²) in [7, 11) is 0. The standard InChI is InChI=1S/C34H34F2N6O6/c1-34(2,3)48-29(43)18-40-13-12-24-28(17-40)37-19-38-31(24)47-23-10-11-27(26(36)14-23)39-30(44)25-16-41(15-20-4-5-20)33(46)42(32(25)45)22-8-6-21(35)7-9-22/h6-11,14,16,19-20H,4-5,12-13,15,17-18H2,1-3H3,(H,39,44). The molecule has 0 atom stereocenters. The molecule has 0 radical (unpaired) electrons. The summed E-state index contributed by atoms with van der Waals surface area (Å²) in [6.45, 7) is 6.75. The van der Waals surface area contributed by atoms with Crippen molar-refractivity contribution in [1.82, 2.24) is 24.0 Å². The average molecular weight is 661 g/mol. The lowest BCUT2D eigenvalue weighted by atomic mass is 10.1. The molecule has 3 heterocycles. The van der Waals surface area contributed by atoms with Crippen LogP contribution in [0, 0.1) is 17.6 Å². The molecular weight excluding hydrogens is 626 g/mol. The molecule has 1 N–H and O–H groups in total. The molecule has 1 aliphatic heterocycles. The van der Waals surface area contributed by atoms with E-state index >= 15 is 4.39 Å². The number of anilines is 1. The van der Waals surface area contributed by atoms with E-state index in [9.17, 15) is 23.6 Å². The maximum absolute atomic E-state index is 15.3. The van der Waals surface area contributed by atoms with Crippen LogP contribution in [-0.4, -0.2) is 54.6 Å². The summed E-state index contributed by atoms with van der Waals surface area (Å²) in [5.74, 6) is -2.06. The first-order chi connectivity index (χ1) is 22.8. The zero-order valence-corrected chi connectivity index (χ0v) is 26.7. The Kier molecular flexibility index (Phi) is 8.93. The van der Waals surface area contributed by atoms with E-state index in [1.54, 1.807) is 0 Å². The van der Waals surface area contributed by atoms with Crippen molar-refractivity contribution in [3.63, 3.8) is 0 Å². The highest BCUT2D eigenvalue weighted by molar-refractivity contribution is 6.04. The Morgan fingerprint density at radius 2 is 1.79 bits per heavy atom. The van der Waals surface area contributed by atoms with Crippen molar-refractivity contribution in [2.75, 3.05) is 18.4 Å². The first-order valence-corrected chi connectivity index (χ1v) is 15.5. The molecular formula is C34H34F2N6O6. The molecule has 4 aromatic rings. The third-order valence-corrected chi connectivity index (χ3v) is 7.86. The monoisotopic (exact) mass is 660 g/mol. The van der Waals surface area contributed by atoms with Gasteiger partial charge in [0.2, 0.25) is 5.88 Å². The number of hydrogen-bond donors (Lipinski definition) is 1. The number of nitrogens with zero attached hydrogens (tertiary/aromatic N) is 5. The number of carbonyl (C=O) groups excluding carboxylic acids is 2. The molecule has 1 aliphatic carbocycles. The minimum atomic E-state index is -0.922. The molecule has 2 aromatic carbocycles. The van der Waals surface area contributed by atoms with Crippen molar-refractivity contribution in [2.24, 2.45) is 5.92 Å². The third-order valence-electron chi connectivity index (χ3n) is 7.86. The third kappa shape index (κ3) is 7.49. The fraction of sp³-hybridized carbons (Fsp3) is 0.353. The van der Waals surface area contributed by atoms with Crippen molar-refractivity contribution in [3.05, 3.63) is 104 Å². The van der Waals surface area contributed by atoms with E-state index in [4.69, 9.17) is 9.47 Å². The number of aromatic nitrogens is 4. The fourth-order valence-electron chi connectivity index (χ4n) is 5.40. The summed E-state index contributed by atoms with van der Waals surface area (Å²) < 4.78 is 42.3. The first kappa shape index (κ1) is 32.7. The second kappa shape index (κ2) is 13.1. The summed E-state index contributed by atoms with van der Waals surface area (Å²) in [6, 6.07) is 8.57. The van der Waals surface area contributed by atoms with Crippen LogP contribution in [0.1, 0.15) is 55.2 Å². The highest BCUT2D eigenvalue weighted by Gasteiger charge is 2.27. The van der Waals surface area contributed by atoms with E-state index in [1.165, 1.54) is 41.4 Å². The largest absolute Gasteiger partial charge is 0.459 e. The van der Waals surface area contributed by atoms with Gasteiger partial charge in [-0.1, -0.05) is 0 Å². The van der Waals surface area contributed by atoms with E-state index in [-0.39, 0.29) is 47.0 Å². The zero-order valence-electron chi connectivity index (χ0n) is 26.7. The highest BCUT2D eigenvalue weighted by Crippen LogP contribution is 2.31. The van der Waals surface area contributed by atoms with Crippen LogP contribution in [0.25, 0.3) is 5.69 Å². The second-order valence-electron chi connectivity index (χ2n) is 12.9. The number of ether oxygens (including phenoxy) is 2. The first-order valence-electron chi connectivity index (χ1n) is 15.5. The maximum Gasteiger partial charge on any atom is 0.335 e. The Bertz CT molecular complexity index is 2000. The summed E-state index contributed by atoms with van der Waals surface area (Å²) in [6.07, 6.45) is 4.82. The van der Waals surface area contributed by atoms with Crippen LogP contribution in [0.3, 0.4) is 0 Å². The zero-order chi connectivity index (χ0) is 34.2. The number of halogens is 2. The lowest BCUT2D eigenvalue weighted by molar-refractivity contribution is -0.156. The van der Waals surface area contributed by atoms with Gasteiger partial charge in [0.25, 0.3) is 11.5 Å². The smallest absolute Gasteiger partial charge is 0.335 e. The van der Waals surface area contributed by atoms with Crippen LogP contribution in [0.2, 0.25) is 0 Å². The van der Waals surface area contributed by atoms with Crippen molar-refractivity contribution < 1.29 is 27.8 Å². The molecule has 0 spiro atoms. The maximum atomic E-state index is 15.3. The fourth-order valence-corrected chi connectivity index (χ4v) is 5.40. The normalized spacial score (nSPS) is 14.7. The van der Waals surface area contributed by atoms with Crippen LogP contribution >= 0.6 is 0 Å². The van der Waals surface area contributed by atoms with Crippen molar-refractivity contribution in [2.45, 2.75) is 58.7 Å². The van der Waals surface area contributed by atoms with Gasteiger partial charge < -0.3 is 14.8 Å². The van der Waals surface area contributed by atoms with Gasteiger partial charge in [0.1, 0.15) is 34.9 Å². The minimum Gasteiger partial charge on any atom is -0.459 e. The molecule has 6 rings (SSSR count). The lowest BCUT2D eigenvalue weighted by Gasteiger charge is -2.29. The predicted octanol–water partition coefficient (Wildman–Crippen LogP) is 4.22. The summed E-state index contributed by atoms with van der Waals surface area (Å²) in [5, 5.41) is 2.42. The molecule has 1 fully saturated rings. The summed E-state index contributed by atoms with van der Waals surface area (Å²) >= 11 is 0. The van der Waals surface area contributed by atoms with Gasteiger partial charge in [-0.3, -0.25) is 23.9 Å². The molecule has 0 saturated heterocycles. The number of carbonyl (C=O) groups is 2. The van der Waals surface area contributed by atoms with Gasteiger partial charge in [-0.2, -0.15) is 0 Å². The number of hydrogen-bond acceptors (Lipinski definition) is 9. The second-order valence-corrected chi connectivity index (χ2v) is 12.9. The summed E-state index contributed by atoms with van der Waals surface area (Å²) in [4.78, 5) is 62.7. The van der Waals surface area contributed by atoms with Crippen molar-refractivity contribution in [1.29, 1.82) is 0 Å². The van der Waals surface area contributed by atoms with Gasteiger partial charge >= 0.3 is 11.7 Å². The molecule has 12 nitrogen and oxygen atoms in total. The minimum absolute atomic E-state index is 0.0981. The van der Waals surface area contributed by atoms with Crippen LogP contribution < -0.4 is 21.3 Å². The number of esters is 1. The Morgan fingerprint density at radius 1 is 1.04 bits per heavy atom. The number of rotatable bonds is 9. The predicted molar refractivity (Wildman–Crippen MR) is 170 cm³/mol. The molecule has 1 saturated carbocycles. The molecule has 1 amide bonds. The Morgan fingerprint density at radius 3 is 2.48 bits per heavy atom. The van der Waals surface area contributed by atoms with E-state index in [2.05, 4.69) is 15.3 Å². The molecule has 48 heavy (non-hydrogen) atoms. The quantitative estimate of drug-likeness (QED) is 0.262. The Hall–Kier alpha value is -5.24. The van der Waals surface area contributed by atoms with E-state index in [0.29, 0.717) is 31.7 Å². The van der Waals surface area contributed by atoms with E-state index < -0.39 is 34.4 Å². The molecule has 2 aliphatic rings. The average Bonchev–Trinajstić information content (AvgIpc) is 3.84. The molecule has 2 aromatic heterocycles. The van der Waals surface area contributed by atoms with Gasteiger partial charge in [0.05, 0.1) is 23.6 Å². The number of nitrogens with one attached hydrogen (secondary N) is 1. The topological polar surface area (TPSA) is 138 Å². The SMILES string of the molecule is CC(C)(C)OC(=O)CN1CCc2c(ncnc2Oc2ccc(NC(=O)c3cn(CC4CC4)c(=O)n(-c4ccc(F)cc4)c3=O)c(F)c2)C1. The summed E-state index contributed by atoms with van der Waals surface area (Å²) in [5.41, 5.74) is -1.27. The van der Waals surface area contributed by atoms with Crippen LogP contribution in [0.15, 0.2) is 64.6 Å².